The lowest BCUT2D eigenvalue weighted by atomic mass is 10.2. The Hall–Kier alpha value is -1.46. The Labute approximate surface area is 106 Å². The van der Waals surface area contributed by atoms with E-state index in [1.807, 2.05) is 0 Å². The van der Waals surface area contributed by atoms with Crippen molar-refractivity contribution >= 4 is 28.9 Å². The number of aromatic nitrogens is 1. The standard InChI is InChI=1S/C11H7ClFNO2S/c1-16-11(15)8-5-17-10(14-8)6-3-2-4-7(12)9(6)13/h2-5H,1H3. The number of rotatable bonds is 2. The molecule has 17 heavy (non-hydrogen) atoms. The van der Waals surface area contributed by atoms with Crippen LogP contribution in [0.4, 0.5) is 4.39 Å². The summed E-state index contributed by atoms with van der Waals surface area (Å²) in [6.07, 6.45) is 0. The molecule has 2 aromatic rings. The van der Waals surface area contributed by atoms with Gasteiger partial charge < -0.3 is 4.74 Å². The lowest BCUT2D eigenvalue weighted by Crippen LogP contribution is -2.01. The van der Waals surface area contributed by atoms with E-state index in [1.165, 1.54) is 18.6 Å². The first-order valence-electron chi connectivity index (χ1n) is 4.61. The lowest BCUT2D eigenvalue weighted by Gasteiger charge is -2.00. The first kappa shape index (κ1) is 12.0. The molecule has 0 radical (unpaired) electrons. The minimum atomic E-state index is -0.546. The van der Waals surface area contributed by atoms with Crippen molar-refractivity contribution in [2.24, 2.45) is 0 Å². The average molecular weight is 272 g/mol. The van der Waals surface area contributed by atoms with Gasteiger partial charge in [0.25, 0.3) is 0 Å². The predicted molar refractivity (Wildman–Crippen MR) is 63.9 cm³/mol. The van der Waals surface area contributed by atoms with E-state index in [-0.39, 0.29) is 16.3 Å². The molecule has 0 aliphatic rings. The quantitative estimate of drug-likeness (QED) is 0.786. The van der Waals surface area contributed by atoms with E-state index in [0.29, 0.717) is 5.01 Å². The van der Waals surface area contributed by atoms with E-state index in [2.05, 4.69) is 9.72 Å². The van der Waals surface area contributed by atoms with Gasteiger partial charge in [0.15, 0.2) is 11.5 Å². The number of halogens is 2. The molecule has 0 fully saturated rings. The van der Waals surface area contributed by atoms with Crippen LogP contribution in [0, 0.1) is 5.82 Å². The van der Waals surface area contributed by atoms with Crippen molar-refractivity contribution in [2.75, 3.05) is 7.11 Å². The van der Waals surface area contributed by atoms with E-state index in [0.717, 1.165) is 11.3 Å². The second-order valence-electron chi connectivity index (χ2n) is 3.13. The molecule has 0 spiro atoms. The fraction of sp³-hybridized carbons (Fsp3) is 0.0909. The maximum absolute atomic E-state index is 13.7. The molecule has 0 aliphatic carbocycles. The molecule has 1 aromatic heterocycles. The van der Waals surface area contributed by atoms with Gasteiger partial charge >= 0.3 is 5.97 Å². The molecule has 3 nitrogen and oxygen atoms in total. The summed E-state index contributed by atoms with van der Waals surface area (Å²) in [5.41, 5.74) is 0.435. The number of benzene rings is 1. The van der Waals surface area contributed by atoms with Gasteiger partial charge in [0.2, 0.25) is 0 Å². The van der Waals surface area contributed by atoms with Crippen LogP contribution in [0.1, 0.15) is 10.5 Å². The van der Waals surface area contributed by atoms with Gasteiger partial charge in [-0.3, -0.25) is 0 Å². The molecular formula is C11H7ClFNO2S. The van der Waals surface area contributed by atoms with Crippen LogP contribution in [0.25, 0.3) is 10.6 Å². The van der Waals surface area contributed by atoms with Crippen LogP contribution in [0.5, 0.6) is 0 Å². The summed E-state index contributed by atoms with van der Waals surface area (Å²) in [5, 5.41) is 1.93. The van der Waals surface area contributed by atoms with Crippen LogP contribution < -0.4 is 0 Å². The Morgan fingerprint density at radius 1 is 1.53 bits per heavy atom. The minimum absolute atomic E-state index is 0.0253. The highest BCUT2D eigenvalue weighted by Gasteiger charge is 2.15. The Kier molecular flexibility index (Phi) is 3.40. The molecule has 6 heteroatoms. The molecule has 0 atom stereocenters. The number of hydrogen-bond acceptors (Lipinski definition) is 4. The number of esters is 1. The third kappa shape index (κ3) is 2.30. The van der Waals surface area contributed by atoms with Gasteiger partial charge in [-0.2, -0.15) is 0 Å². The summed E-state index contributed by atoms with van der Waals surface area (Å²) >= 11 is 6.83. The van der Waals surface area contributed by atoms with Crippen LogP contribution in [0.15, 0.2) is 23.6 Å². The second kappa shape index (κ2) is 4.81. The largest absolute Gasteiger partial charge is 0.464 e. The zero-order chi connectivity index (χ0) is 12.4. The van der Waals surface area contributed by atoms with Crippen molar-refractivity contribution in [2.45, 2.75) is 0 Å². The highest BCUT2D eigenvalue weighted by Crippen LogP contribution is 2.29. The summed E-state index contributed by atoms with van der Waals surface area (Å²) in [4.78, 5) is 15.2. The molecule has 0 saturated heterocycles. The Morgan fingerprint density at radius 2 is 2.29 bits per heavy atom. The molecule has 0 saturated carbocycles. The molecule has 0 N–H and O–H groups in total. The van der Waals surface area contributed by atoms with Crippen LogP contribution in [0.3, 0.4) is 0 Å². The van der Waals surface area contributed by atoms with E-state index in [9.17, 15) is 9.18 Å². The Balaban J connectivity index is 2.44. The van der Waals surface area contributed by atoms with E-state index in [4.69, 9.17) is 11.6 Å². The van der Waals surface area contributed by atoms with Gasteiger partial charge in [0.05, 0.1) is 12.1 Å². The topological polar surface area (TPSA) is 39.2 Å². The normalized spacial score (nSPS) is 10.3. The zero-order valence-electron chi connectivity index (χ0n) is 8.74. The summed E-state index contributed by atoms with van der Waals surface area (Å²) < 4.78 is 18.2. The Morgan fingerprint density at radius 3 is 3.00 bits per heavy atom. The highest BCUT2D eigenvalue weighted by atomic mass is 35.5. The highest BCUT2D eigenvalue weighted by molar-refractivity contribution is 7.13. The molecule has 0 unspecified atom stereocenters. The molecule has 88 valence electrons. The summed E-state index contributed by atoms with van der Waals surface area (Å²) in [6, 6.07) is 4.64. The van der Waals surface area contributed by atoms with Gasteiger partial charge in [-0.1, -0.05) is 17.7 Å². The number of methoxy groups -OCH3 is 1. The number of nitrogens with zero attached hydrogens (tertiary/aromatic N) is 1. The molecule has 0 aliphatic heterocycles. The van der Waals surface area contributed by atoms with Crippen molar-refractivity contribution in [1.82, 2.24) is 4.98 Å². The van der Waals surface area contributed by atoms with Crippen LogP contribution in [0.2, 0.25) is 5.02 Å². The van der Waals surface area contributed by atoms with Gasteiger partial charge in [0.1, 0.15) is 5.01 Å². The van der Waals surface area contributed by atoms with Gasteiger partial charge in [-0.25, -0.2) is 14.2 Å². The van der Waals surface area contributed by atoms with Crippen molar-refractivity contribution < 1.29 is 13.9 Å². The van der Waals surface area contributed by atoms with Crippen LogP contribution in [-0.2, 0) is 4.74 Å². The number of hydrogen-bond donors (Lipinski definition) is 0. The number of carbonyl (C=O) groups excluding carboxylic acids is 1. The molecular weight excluding hydrogens is 265 g/mol. The predicted octanol–water partition coefficient (Wildman–Crippen LogP) is 3.39. The molecule has 1 heterocycles. The van der Waals surface area contributed by atoms with E-state index < -0.39 is 11.8 Å². The molecule has 1 aromatic carbocycles. The first-order chi connectivity index (χ1) is 8.13. The molecule has 2 rings (SSSR count). The molecule has 0 amide bonds. The van der Waals surface area contributed by atoms with Crippen molar-refractivity contribution in [3.63, 3.8) is 0 Å². The first-order valence-corrected chi connectivity index (χ1v) is 5.87. The average Bonchev–Trinajstić information content (AvgIpc) is 2.81. The fourth-order valence-electron chi connectivity index (χ4n) is 1.26. The summed E-state index contributed by atoms with van der Waals surface area (Å²) in [5.74, 6) is -1.09. The minimum Gasteiger partial charge on any atom is -0.464 e. The van der Waals surface area contributed by atoms with Gasteiger partial charge in [0, 0.05) is 10.9 Å². The van der Waals surface area contributed by atoms with Gasteiger partial charge in [-0.15, -0.1) is 11.3 Å². The SMILES string of the molecule is COC(=O)c1csc(-c2cccc(Cl)c2F)n1. The van der Waals surface area contributed by atoms with Crippen molar-refractivity contribution in [3.8, 4) is 10.6 Å². The Bertz CT molecular complexity index is 570. The lowest BCUT2D eigenvalue weighted by molar-refractivity contribution is 0.0595. The van der Waals surface area contributed by atoms with Crippen LogP contribution in [-0.4, -0.2) is 18.1 Å². The third-order valence-corrected chi connectivity index (χ3v) is 3.25. The maximum Gasteiger partial charge on any atom is 0.357 e. The second-order valence-corrected chi connectivity index (χ2v) is 4.40. The third-order valence-electron chi connectivity index (χ3n) is 2.08. The summed E-state index contributed by atoms with van der Waals surface area (Å²) in [7, 11) is 1.27. The van der Waals surface area contributed by atoms with Crippen molar-refractivity contribution in [1.29, 1.82) is 0 Å². The number of carbonyl (C=O) groups is 1. The van der Waals surface area contributed by atoms with E-state index >= 15 is 0 Å². The van der Waals surface area contributed by atoms with Gasteiger partial charge in [-0.05, 0) is 12.1 Å². The monoisotopic (exact) mass is 271 g/mol. The maximum atomic E-state index is 13.7. The zero-order valence-corrected chi connectivity index (χ0v) is 10.3. The summed E-state index contributed by atoms with van der Waals surface area (Å²) in [6.45, 7) is 0. The smallest absolute Gasteiger partial charge is 0.357 e. The van der Waals surface area contributed by atoms with E-state index in [1.54, 1.807) is 12.1 Å². The molecule has 0 bridgehead atoms. The number of ether oxygens (including phenoxy) is 1. The van der Waals surface area contributed by atoms with Crippen LogP contribution >= 0.6 is 22.9 Å². The number of thiazole rings is 1. The fourth-order valence-corrected chi connectivity index (χ4v) is 2.25. The van der Waals surface area contributed by atoms with Crippen molar-refractivity contribution in [3.05, 3.63) is 40.1 Å².